The van der Waals surface area contributed by atoms with Gasteiger partial charge >= 0.3 is 11.7 Å². The Bertz CT molecular complexity index is 1450. The smallest absolute Gasteiger partial charge is 0.329 e. The number of rotatable bonds is 6. The van der Waals surface area contributed by atoms with Crippen molar-refractivity contribution in [2.45, 2.75) is 33.9 Å². The quantitative estimate of drug-likeness (QED) is 0.365. The van der Waals surface area contributed by atoms with Gasteiger partial charge in [-0.25, -0.2) is 9.78 Å². The maximum absolute atomic E-state index is 12.5. The van der Waals surface area contributed by atoms with Crippen LogP contribution in [-0.2, 0) is 34.5 Å². The van der Waals surface area contributed by atoms with E-state index in [1.54, 1.807) is 24.6 Å². The first-order valence-corrected chi connectivity index (χ1v) is 11.7. The van der Waals surface area contributed by atoms with E-state index >= 15 is 0 Å². The Labute approximate surface area is 205 Å². The molecule has 0 aliphatic heterocycles. The molecule has 2 aromatic carbocycles. The highest BCUT2D eigenvalue weighted by Gasteiger charge is 2.23. The molecule has 8 nitrogen and oxygen atoms in total. The van der Waals surface area contributed by atoms with E-state index in [9.17, 15) is 14.4 Å². The molecule has 0 spiro atoms. The summed E-state index contributed by atoms with van der Waals surface area (Å²) in [7, 11) is 1.66. The largest absolute Gasteiger partial charge is 0.458 e. The zero-order valence-electron chi connectivity index (χ0n) is 19.2. The lowest BCUT2D eigenvalue weighted by Crippen LogP contribution is -2.26. The number of halogens is 1. The van der Waals surface area contributed by atoms with Crippen LogP contribution in [-0.4, -0.2) is 26.0 Å². The van der Waals surface area contributed by atoms with Crippen molar-refractivity contribution in [3.05, 3.63) is 74.1 Å². The van der Waals surface area contributed by atoms with Crippen molar-refractivity contribution in [3.63, 3.8) is 0 Å². The summed E-state index contributed by atoms with van der Waals surface area (Å²) in [6, 6.07) is 11.0. The molecule has 176 valence electrons. The Hall–Kier alpha value is -3.43. The summed E-state index contributed by atoms with van der Waals surface area (Å²) in [5.74, 6) is -0.795. The van der Waals surface area contributed by atoms with Crippen molar-refractivity contribution < 1.29 is 14.3 Å². The van der Waals surface area contributed by atoms with Gasteiger partial charge < -0.3 is 4.74 Å². The number of hydrogen-bond donors (Lipinski definition) is 0. The van der Waals surface area contributed by atoms with Gasteiger partial charge in [-0.2, -0.15) is 0 Å². The van der Waals surface area contributed by atoms with Crippen LogP contribution in [0.3, 0.4) is 0 Å². The van der Waals surface area contributed by atoms with Gasteiger partial charge in [0.05, 0.1) is 27.4 Å². The number of fused-ring (bicyclic) bond motifs is 1. The van der Waals surface area contributed by atoms with Crippen molar-refractivity contribution in [3.8, 4) is 0 Å². The van der Waals surface area contributed by atoms with Crippen molar-refractivity contribution in [2.24, 2.45) is 7.05 Å². The highest BCUT2D eigenvalue weighted by Crippen LogP contribution is 2.37. The molecule has 4 aromatic rings. The van der Waals surface area contributed by atoms with Crippen LogP contribution in [0, 0.1) is 13.8 Å². The minimum Gasteiger partial charge on any atom is -0.458 e. The minimum atomic E-state index is -0.561. The summed E-state index contributed by atoms with van der Waals surface area (Å²) in [5, 5.41) is 2.61. The second-order valence-corrected chi connectivity index (χ2v) is 9.21. The molecule has 0 unspecified atom stereocenters. The van der Waals surface area contributed by atoms with Gasteiger partial charge in [-0.05, 0) is 43.2 Å². The Morgan fingerprint density at radius 2 is 1.88 bits per heavy atom. The number of imidazole rings is 1. The van der Waals surface area contributed by atoms with E-state index in [-0.39, 0.29) is 24.7 Å². The molecule has 0 aliphatic carbocycles. The number of benzene rings is 2. The molecule has 1 amide bonds. The molecule has 34 heavy (non-hydrogen) atoms. The average molecular weight is 499 g/mol. The fourth-order valence-electron chi connectivity index (χ4n) is 3.89. The van der Waals surface area contributed by atoms with E-state index in [0.717, 1.165) is 16.6 Å². The summed E-state index contributed by atoms with van der Waals surface area (Å²) in [6.07, 6.45) is 0. The Morgan fingerprint density at radius 3 is 2.56 bits per heavy atom. The normalized spacial score (nSPS) is 11.1. The molecule has 2 aromatic heterocycles. The zero-order valence-corrected chi connectivity index (χ0v) is 20.7. The molecule has 0 saturated carbocycles. The number of thiazole rings is 1. The first kappa shape index (κ1) is 23.7. The van der Waals surface area contributed by atoms with Gasteiger partial charge in [-0.1, -0.05) is 29.8 Å². The minimum absolute atomic E-state index is 0.0821. The predicted molar refractivity (Wildman–Crippen MR) is 133 cm³/mol. The summed E-state index contributed by atoms with van der Waals surface area (Å²) >= 11 is 7.70. The van der Waals surface area contributed by atoms with Crippen LogP contribution in [0.5, 0.6) is 0 Å². The summed E-state index contributed by atoms with van der Waals surface area (Å²) in [6.45, 7) is 4.97. The zero-order chi connectivity index (χ0) is 24.6. The summed E-state index contributed by atoms with van der Waals surface area (Å²) in [4.78, 5) is 43.4. The van der Waals surface area contributed by atoms with Crippen LogP contribution in [0.1, 0.15) is 23.7 Å². The van der Waals surface area contributed by atoms with Crippen molar-refractivity contribution in [1.82, 2.24) is 14.1 Å². The standard InChI is InChI=1S/C24H23ClN4O4S/c1-14-9-15(2)22(18(25)10-14)29(16(3)30)23-26-17(13-34-23)12-33-21(31)11-28-20-8-6-5-7-19(20)27(4)24(28)32/h5-10,13H,11-12H2,1-4H3. The van der Waals surface area contributed by atoms with Gasteiger partial charge in [-0.3, -0.25) is 23.6 Å². The number of carbonyl (C=O) groups is 2. The lowest BCUT2D eigenvalue weighted by Gasteiger charge is -2.22. The lowest BCUT2D eigenvalue weighted by molar-refractivity contribution is -0.145. The van der Waals surface area contributed by atoms with E-state index in [0.29, 0.717) is 27.1 Å². The Morgan fingerprint density at radius 1 is 1.18 bits per heavy atom. The number of para-hydroxylation sites is 2. The topological polar surface area (TPSA) is 86.4 Å². The third-order valence-corrected chi connectivity index (χ3v) is 6.55. The van der Waals surface area contributed by atoms with E-state index in [1.807, 2.05) is 38.1 Å². The molecule has 0 fully saturated rings. The van der Waals surface area contributed by atoms with Gasteiger partial charge in [0.25, 0.3) is 0 Å². The van der Waals surface area contributed by atoms with Crippen LogP contribution in [0.2, 0.25) is 5.02 Å². The number of ether oxygens (including phenoxy) is 1. The molecule has 0 aliphatic rings. The number of esters is 1. The molecular formula is C24H23ClN4O4S. The second-order valence-electron chi connectivity index (χ2n) is 7.97. The second kappa shape index (κ2) is 9.44. The van der Waals surface area contributed by atoms with Crippen molar-refractivity contribution >= 4 is 56.7 Å². The fraction of sp³-hybridized carbons (Fsp3) is 0.250. The SMILES string of the molecule is CC(=O)N(c1nc(COC(=O)Cn2c(=O)n(C)c3ccccc32)cs1)c1c(C)cc(C)cc1Cl. The monoisotopic (exact) mass is 498 g/mol. The van der Waals surface area contributed by atoms with Gasteiger partial charge in [-0.15, -0.1) is 11.3 Å². The van der Waals surface area contributed by atoms with Gasteiger partial charge in [0.2, 0.25) is 5.91 Å². The molecule has 0 radical (unpaired) electrons. The predicted octanol–water partition coefficient (Wildman–Crippen LogP) is 4.49. The maximum Gasteiger partial charge on any atom is 0.329 e. The molecule has 2 heterocycles. The Kier molecular flexibility index (Phi) is 6.58. The van der Waals surface area contributed by atoms with Crippen LogP contribution < -0.4 is 10.6 Å². The van der Waals surface area contributed by atoms with E-state index in [1.165, 1.54) is 32.3 Å². The average Bonchev–Trinajstić information content (AvgIpc) is 3.33. The molecule has 0 saturated heterocycles. The number of aryl methyl sites for hydroxylation is 3. The summed E-state index contributed by atoms with van der Waals surface area (Å²) < 4.78 is 8.24. The van der Waals surface area contributed by atoms with Gasteiger partial charge in [0.15, 0.2) is 5.13 Å². The van der Waals surface area contributed by atoms with E-state index < -0.39 is 5.97 Å². The van der Waals surface area contributed by atoms with Gasteiger partial charge in [0.1, 0.15) is 13.2 Å². The Balaban J connectivity index is 1.50. The number of carbonyl (C=O) groups excluding carboxylic acids is 2. The van der Waals surface area contributed by atoms with E-state index in [4.69, 9.17) is 16.3 Å². The fourth-order valence-corrected chi connectivity index (χ4v) is 5.15. The molecule has 0 atom stereocenters. The maximum atomic E-state index is 12.5. The first-order valence-electron chi connectivity index (χ1n) is 10.5. The number of amides is 1. The third-order valence-electron chi connectivity index (χ3n) is 5.39. The van der Waals surface area contributed by atoms with E-state index in [2.05, 4.69) is 4.98 Å². The third kappa shape index (κ3) is 4.49. The van der Waals surface area contributed by atoms with Gasteiger partial charge in [0, 0.05) is 19.4 Å². The van der Waals surface area contributed by atoms with Crippen molar-refractivity contribution in [1.29, 1.82) is 0 Å². The molecule has 4 rings (SSSR count). The highest BCUT2D eigenvalue weighted by molar-refractivity contribution is 7.14. The molecule has 0 N–H and O–H groups in total. The molecular weight excluding hydrogens is 476 g/mol. The first-order chi connectivity index (χ1) is 16.2. The number of nitrogens with zero attached hydrogens (tertiary/aromatic N) is 4. The molecule has 10 heteroatoms. The molecule has 0 bridgehead atoms. The highest BCUT2D eigenvalue weighted by atomic mass is 35.5. The van der Waals surface area contributed by atoms with Crippen molar-refractivity contribution in [2.75, 3.05) is 4.90 Å². The summed E-state index contributed by atoms with van der Waals surface area (Å²) in [5.41, 5.74) is 4.01. The van der Waals surface area contributed by atoms with Crippen LogP contribution in [0.15, 0.2) is 46.6 Å². The number of anilines is 2. The van der Waals surface area contributed by atoms with Crippen LogP contribution in [0.4, 0.5) is 10.8 Å². The number of aromatic nitrogens is 3. The number of hydrogen-bond acceptors (Lipinski definition) is 6. The lowest BCUT2D eigenvalue weighted by atomic mass is 10.1. The van der Waals surface area contributed by atoms with Crippen LogP contribution >= 0.6 is 22.9 Å². The van der Waals surface area contributed by atoms with Crippen LogP contribution in [0.25, 0.3) is 11.0 Å².